The molecule has 0 spiro atoms. The van der Waals surface area contributed by atoms with Crippen molar-refractivity contribution in [3.63, 3.8) is 0 Å². The fourth-order valence-electron chi connectivity index (χ4n) is 2.98. The van der Waals surface area contributed by atoms with E-state index in [1.54, 1.807) is 31.2 Å². The second kappa shape index (κ2) is 9.65. The fraction of sp³-hybridized carbons (Fsp3) is 0.174. The Bertz CT molecular complexity index is 1100. The van der Waals surface area contributed by atoms with Crippen LogP contribution in [0.3, 0.4) is 0 Å². The Morgan fingerprint density at radius 3 is 2.23 bits per heavy atom. The Morgan fingerprint density at radius 2 is 1.57 bits per heavy atom. The Balaban J connectivity index is 1.57. The lowest BCUT2D eigenvalue weighted by molar-refractivity contribution is -0.116. The molecule has 2 N–H and O–H groups in total. The highest BCUT2D eigenvalue weighted by Gasteiger charge is 2.18. The molecular formula is C23H23FN2O3S. The first-order valence-electron chi connectivity index (χ1n) is 9.56. The predicted octanol–water partition coefficient (Wildman–Crippen LogP) is 4.44. The van der Waals surface area contributed by atoms with E-state index in [1.807, 2.05) is 30.3 Å². The van der Waals surface area contributed by atoms with E-state index < -0.39 is 15.8 Å². The summed E-state index contributed by atoms with van der Waals surface area (Å²) in [7, 11) is -3.67. The Kier molecular flexibility index (Phi) is 6.97. The molecule has 0 unspecified atom stereocenters. The van der Waals surface area contributed by atoms with Crippen molar-refractivity contribution < 1.29 is 17.6 Å². The van der Waals surface area contributed by atoms with E-state index in [-0.39, 0.29) is 29.0 Å². The Hall–Kier alpha value is -3.03. The van der Waals surface area contributed by atoms with Gasteiger partial charge in [-0.05, 0) is 48.7 Å². The Morgan fingerprint density at radius 1 is 0.933 bits per heavy atom. The molecule has 3 aromatic rings. The molecule has 0 heterocycles. The monoisotopic (exact) mass is 426 g/mol. The topological polar surface area (TPSA) is 75.3 Å². The van der Waals surface area contributed by atoms with E-state index >= 15 is 0 Å². The first kappa shape index (κ1) is 21.7. The van der Waals surface area contributed by atoms with E-state index in [0.29, 0.717) is 6.42 Å². The number of aryl methyl sites for hydroxylation is 1. The standard InChI is InChI=1S/C23H23FN2O3S/c1-17(19-7-3-2-4-8-19)26-30(28,29)20-14-11-18(12-15-20)13-16-23(27)25-22-10-6-5-9-21(22)24/h2-12,14-15,17,26H,13,16H2,1H3,(H,25,27)/t17-/m1/s1. The van der Waals surface area contributed by atoms with Gasteiger partial charge in [0.05, 0.1) is 10.6 Å². The zero-order valence-corrected chi connectivity index (χ0v) is 17.3. The van der Waals surface area contributed by atoms with Crippen LogP contribution in [-0.4, -0.2) is 14.3 Å². The summed E-state index contributed by atoms with van der Waals surface area (Å²) in [6.45, 7) is 1.79. The highest BCUT2D eigenvalue weighted by Crippen LogP contribution is 2.18. The van der Waals surface area contributed by atoms with E-state index in [1.165, 1.54) is 24.3 Å². The van der Waals surface area contributed by atoms with Gasteiger partial charge in [-0.1, -0.05) is 54.6 Å². The lowest BCUT2D eigenvalue weighted by atomic mass is 10.1. The van der Waals surface area contributed by atoms with Gasteiger partial charge in [0.1, 0.15) is 5.82 Å². The molecule has 7 heteroatoms. The van der Waals surface area contributed by atoms with Gasteiger partial charge in [0.15, 0.2) is 0 Å². The summed E-state index contributed by atoms with van der Waals surface area (Å²) in [6.07, 6.45) is 0.568. The van der Waals surface area contributed by atoms with Crippen molar-refractivity contribution in [1.82, 2.24) is 4.72 Å². The van der Waals surface area contributed by atoms with Gasteiger partial charge in [0, 0.05) is 12.5 Å². The van der Waals surface area contributed by atoms with Crippen molar-refractivity contribution in [3.05, 3.63) is 95.8 Å². The summed E-state index contributed by atoms with van der Waals surface area (Å²) in [5.74, 6) is -0.798. The summed E-state index contributed by atoms with van der Waals surface area (Å²) in [5.41, 5.74) is 1.83. The second-order valence-electron chi connectivity index (χ2n) is 6.93. The number of para-hydroxylation sites is 1. The van der Waals surface area contributed by atoms with Crippen molar-refractivity contribution in [2.75, 3.05) is 5.32 Å². The molecule has 156 valence electrons. The summed E-state index contributed by atoms with van der Waals surface area (Å²) in [5, 5.41) is 2.53. The minimum absolute atomic E-state index is 0.141. The van der Waals surface area contributed by atoms with E-state index in [2.05, 4.69) is 10.0 Å². The number of rotatable bonds is 8. The van der Waals surface area contributed by atoms with Crippen molar-refractivity contribution in [2.24, 2.45) is 0 Å². The average Bonchev–Trinajstić information content (AvgIpc) is 2.74. The Labute approximate surface area is 176 Å². The maximum atomic E-state index is 13.6. The summed E-state index contributed by atoms with van der Waals surface area (Å²) in [6, 6.07) is 21.3. The molecule has 0 aliphatic carbocycles. The van der Waals surface area contributed by atoms with Crippen LogP contribution in [0.15, 0.2) is 83.8 Å². The van der Waals surface area contributed by atoms with E-state index in [4.69, 9.17) is 0 Å². The third kappa shape index (κ3) is 5.75. The number of benzene rings is 3. The first-order chi connectivity index (χ1) is 14.3. The van der Waals surface area contributed by atoms with Crippen LogP contribution >= 0.6 is 0 Å². The summed E-state index contributed by atoms with van der Waals surface area (Å²) >= 11 is 0. The molecule has 5 nitrogen and oxygen atoms in total. The van der Waals surface area contributed by atoms with Crippen molar-refractivity contribution >= 4 is 21.6 Å². The van der Waals surface area contributed by atoms with Crippen LogP contribution in [0.25, 0.3) is 0 Å². The molecule has 1 amide bonds. The smallest absolute Gasteiger partial charge is 0.241 e. The number of nitrogens with one attached hydrogen (secondary N) is 2. The molecule has 0 aliphatic heterocycles. The van der Waals surface area contributed by atoms with Gasteiger partial charge in [-0.15, -0.1) is 0 Å². The summed E-state index contributed by atoms with van der Waals surface area (Å²) < 4.78 is 41.5. The zero-order valence-electron chi connectivity index (χ0n) is 16.5. The van der Waals surface area contributed by atoms with Crippen LogP contribution < -0.4 is 10.0 Å². The number of halogens is 1. The molecule has 3 rings (SSSR count). The van der Waals surface area contributed by atoms with Gasteiger partial charge in [0.25, 0.3) is 0 Å². The molecule has 0 bridgehead atoms. The average molecular weight is 427 g/mol. The first-order valence-corrected chi connectivity index (χ1v) is 11.0. The van der Waals surface area contributed by atoms with Crippen molar-refractivity contribution in [2.45, 2.75) is 30.7 Å². The third-order valence-electron chi connectivity index (χ3n) is 4.65. The number of sulfonamides is 1. The van der Waals surface area contributed by atoms with E-state index in [9.17, 15) is 17.6 Å². The van der Waals surface area contributed by atoms with Crippen LogP contribution in [0.1, 0.15) is 30.5 Å². The van der Waals surface area contributed by atoms with Crippen LogP contribution in [0.4, 0.5) is 10.1 Å². The number of amides is 1. The molecule has 0 saturated carbocycles. The van der Waals surface area contributed by atoms with Gasteiger partial charge in [-0.3, -0.25) is 4.79 Å². The zero-order chi connectivity index (χ0) is 21.6. The molecule has 0 aromatic heterocycles. The maximum Gasteiger partial charge on any atom is 0.241 e. The van der Waals surface area contributed by atoms with Gasteiger partial charge in [-0.25, -0.2) is 17.5 Å². The highest BCUT2D eigenvalue weighted by molar-refractivity contribution is 7.89. The molecule has 0 saturated heterocycles. The number of hydrogen-bond donors (Lipinski definition) is 2. The lowest BCUT2D eigenvalue weighted by Crippen LogP contribution is -2.26. The molecule has 0 radical (unpaired) electrons. The van der Waals surface area contributed by atoms with E-state index in [0.717, 1.165) is 11.1 Å². The van der Waals surface area contributed by atoms with Gasteiger partial charge in [0.2, 0.25) is 15.9 Å². The summed E-state index contributed by atoms with van der Waals surface area (Å²) in [4.78, 5) is 12.2. The number of carbonyl (C=O) groups is 1. The molecule has 0 fully saturated rings. The molecule has 30 heavy (non-hydrogen) atoms. The van der Waals surface area contributed by atoms with Gasteiger partial charge >= 0.3 is 0 Å². The molecule has 0 aliphatic rings. The van der Waals surface area contributed by atoms with Gasteiger partial charge < -0.3 is 5.32 Å². The third-order valence-corrected chi connectivity index (χ3v) is 6.21. The minimum Gasteiger partial charge on any atom is -0.324 e. The lowest BCUT2D eigenvalue weighted by Gasteiger charge is -2.15. The van der Waals surface area contributed by atoms with Crippen LogP contribution in [0.5, 0.6) is 0 Å². The number of hydrogen-bond acceptors (Lipinski definition) is 3. The second-order valence-corrected chi connectivity index (χ2v) is 8.64. The van der Waals surface area contributed by atoms with Crippen LogP contribution in [0, 0.1) is 5.82 Å². The quantitative estimate of drug-likeness (QED) is 0.559. The predicted molar refractivity (Wildman–Crippen MR) is 115 cm³/mol. The number of carbonyl (C=O) groups excluding carboxylic acids is 1. The normalized spacial score (nSPS) is 12.3. The van der Waals surface area contributed by atoms with Crippen LogP contribution in [-0.2, 0) is 21.2 Å². The highest BCUT2D eigenvalue weighted by atomic mass is 32.2. The molecule has 3 aromatic carbocycles. The molecular weight excluding hydrogens is 403 g/mol. The largest absolute Gasteiger partial charge is 0.324 e. The fourth-order valence-corrected chi connectivity index (χ4v) is 4.21. The minimum atomic E-state index is -3.67. The molecule has 1 atom stereocenters. The SMILES string of the molecule is C[C@@H](NS(=O)(=O)c1ccc(CCC(=O)Nc2ccccc2F)cc1)c1ccccc1. The van der Waals surface area contributed by atoms with Crippen molar-refractivity contribution in [3.8, 4) is 0 Å². The van der Waals surface area contributed by atoms with Crippen molar-refractivity contribution in [1.29, 1.82) is 0 Å². The maximum absolute atomic E-state index is 13.6. The van der Waals surface area contributed by atoms with Gasteiger partial charge in [-0.2, -0.15) is 0 Å². The number of anilines is 1. The van der Waals surface area contributed by atoms with Crippen LogP contribution in [0.2, 0.25) is 0 Å².